The first-order valence-electron chi connectivity index (χ1n) is 7.69. The molecule has 23 heavy (non-hydrogen) atoms. The summed E-state index contributed by atoms with van der Waals surface area (Å²) in [5.74, 6) is 0. The van der Waals surface area contributed by atoms with E-state index in [0.717, 1.165) is 28.6 Å². The molecule has 0 N–H and O–H groups in total. The molecule has 2 fully saturated rings. The molecule has 2 heterocycles. The van der Waals surface area contributed by atoms with Crippen LogP contribution < -0.4 is 0 Å². The van der Waals surface area contributed by atoms with Crippen molar-refractivity contribution in [3.63, 3.8) is 0 Å². The number of aromatic nitrogens is 3. The van der Waals surface area contributed by atoms with Crippen molar-refractivity contribution in [1.29, 1.82) is 5.26 Å². The van der Waals surface area contributed by atoms with Gasteiger partial charge in [0.1, 0.15) is 5.15 Å². The van der Waals surface area contributed by atoms with Crippen molar-refractivity contribution in [3.8, 4) is 11.8 Å². The van der Waals surface area contributed by atoms with Gasteiger partial charge in [-0.1, -0.05) is 23.7 Å². The second-order valence-corrected chi connectivity index (χ2v) is 7.03. The Hall–Kier alpha value is -2.38. The molecular formula is C18H13ClN4. The second-order valence-electron chi connectivity index (χ2n) is 6.64. The Bertz CT molecular complexity index is 996. The summed E-state index contributed by atoms with van der Waals surface area (Å²) in [6, 6.07) is 12.5. The zero-order chi connectivity index (χ0) is 15.7. The summed E-state index contributed by atoms with van der Waals surface area (Å²) in [5, 5.41) is 15.7. The minimum Gasteiger partial charge on any atom is -0.244 e. The van der Waals surface area contributed by atoms with Gasteiger partial charge in [-0.15, -0.1) is 0 Å². The molecule has 0 unspecified atom stereocenters. The summed E-state index contributed by atoms with van der Waals surface area (Å²) in [6.45, 7) is 0. The highest BCUT2D eigenvalue weighted by atomic mass is 35.5. The fourth-order valence-electron chi connectivity index (χ4n) is 3.86. The van der Waals surface area contributed by atoms with Gasteiger partial charge < -0.3 is 0 Å². The summed E-state index contributed by atoms with van der Waals surface area (Å²) in [5.41, 5.74) is 2.97. The number of benzene rings is 1. The Morgan fingerprint density at radius 2 is 2.09 bits per heavy atom. The lowest BCUT2D eigenvalue weighted by molar-refractivity contribution is 0.738. The minimum atomic E-state index is -0.286. The first-order chi connectivity index (χ1) is 11.2. The second kappa shape index (κ2) is 4.12. The molecule has 5 heteroatoms. The van der Waals surface area contributed by atoms with Crippen molar-refractivity contribution in [2.45, 2.75) is 24.7 Å². The van der Waals surface area contributed by atoms with Crippen LogP contribution in [0, 0.1) is 16.7 Å². The van der Waals surface area contributed by atoms with Crippen LogP contribution in [0.3, 0.4) is 0 Å². The Morgan fingerprint density at radius 1 is 1.22 bits per heavy atom. The molecule has 0 radical (unpaired) electrons. The van der Waals surface area contributed by atoms with Gasteiger partial charge in [0.25, 0.3) is 0 Å². The van der Waals surface area contributed by atoms with Crippen LogP contribution in [0.5, 0.6) is 0 Å². The maximum atomic E-state index is 9.73. The maximum absolute atomic E-state index is 9.73. The minimum absolute atomic E-state index is 0.264. The number of halogens is 1. The highest BCUT2D eigenvalue weighted by Crippen LogP contribution is 2.78. The lowest BCUT2D eigenvalue weighted by Gasteiger charge is -2.10. The molecule has 0 bridgehead atoms. The molecule has 2 aromatic heterocycles. The number of rotatable bonds is 2. The van der Waals surface area contributed by atoms with Crippen molar-refractivity contribution in [3.05, 3.63) is 53.4 Å². The highest BCUT2D eigenvalue weighted by molar-refractivity contribution is 6.29. The summed E-state index contributed by atoms with van der Waals surface area (Å²) in [7, 11) is 0. The maximum Gasteiger partial charge on any atom is 0.131 e. The molecule has 2 aliphatic rings. The third kappa shape index (κ3) is 1.66. The van der Waals surface area contributed by atoms with E-state index in [-0.39, 0.29) is 10.8 Å². The molecule has 112 valence electrons. The first kappa shape index (κ1) is 13.1. The van der Waals surface area contributed by atoms with Crippen LogP contribution in [0.25, 0.3) is 16.6 Å². The van der Waals surface area contributed by atoms with Gasteiger partial charge in [0.05, 0.1) is 28.9 Å². The summed E-state index contributed by atoms with van der Waals surface area (Å²) in [6.07, 6.45) is 6.87. The van der Waals surface area contributed by atoms with E-state index >= 15 is 0 Å². The number of hydrogen-bond acceptors (Lipinski definition) is 3. The number of hydrogen-bond donors (Lipinski definition) is 0. The van der Waals surface area contributed by atoms with E-state index in [1.165, 1.54) is 12.8 Å². The van der Waals surface area contributed by atoms with Gasteiger partial charge in [-0.3, -0.25) is 0 Å². The molecule has 1 spiro atoms. The fraction of sp³-hybridized carbons (Fsp3) is 0.278. The molecular weight excluding hydrogens is 308 g/mol. The number of fused-ring (bicyclic) bond motifs is 1. The summed E-state index contributed by atoms with van der Waals surface area (Å²) >= 11 is 6.00. The molecule has 1 aromatic carbocycles. The van der Waals surface area contributed by atoms with Crippen LogP contribution in [-0.4, -0.2) is 14.8 Å². The van der Waals surface area contributed by atoms with E-state index < -0.39 is 0 Å². The molecule has 0 aliphatic heterocycles. The third-order valence-corrected chi connectivity index (χ3v) is 5.65. The zero-order valence-electron chi connectivity index (χ0n) is 12.3. The van der Waals surface area contributed by atoms with Crippen LogP contribution in [0.1, 0.15) is 24.8 Å². The van der Waals surface area contributed by atoms with Crippen molar-refractivity contribution >= 4 is 22.5 Å². The van der Waals surface area contributed by atoms with Crippen molar-refractivity contribution in [2.75, 3.05) is 0 Å². The lowest BCUT2D eigenvalue weighted by atomic mass is 9.93. The Balaban J connectivity index is 1.69. The third-order valence-electron chi connectivity index (χ3n) is 5.45. The molecule has 2 aliphatic carbocycles. The van der Waals surface area contributed by atoms with E-state index in [0.29, 0.717) is 5.15 Å². The van der Waals surface area contributed by atoms with Gasteiger partial charge in [-0.2, -0.15) is 10.4 Å². The molecule has 0 saturated heterocycles. The molecule has 1 atom stereocenters. The van der Waals surface area contributed by atoms with E-state index in [1.807, 2.05) is 16.9 Å². The molecule has 3 aromatic rings. The van der Waals surface area contributed by atoms with Crippen LogP contribution in [0.2, 0.25) is 5.15 Å². The highest BCUT2D eigenvalue weighted by Gasteiger charge is 2.75. The van der Waals surface area contributed by atoms with E-state index in [4.69, 9.17) is 11.6 Å². The SMILES string of the molecule is N#C[C@@]1(c2ccc3cnn(-c4ccnc(Cl)c4)c3c2)CC12CC2. The number of nitrogens with zero attached hydrogens (tertiary/aromatic N) is 4. The predicted molar refractivity (Wildman–Crippen MR) is 87.5 cm³/mol. The Kier molecular flexibility index (Phi) is 2.35. The Morgan fingerprint density at radius 3 is 2.78 bits per heavy atom. The van der Waals surface area contributed by atoms with E-state index in [9.17, 15) is 5.26 Å². The van der Waals surface area contributed by atoms with Crippen LogP contribution in [0.15, 0.2) is 42.7 Å². The Labute approximate surface area is 138 Å². The summed E-state index contributed by atoms with van der Waals surface area (Å²) < 4.78 is 1.86. The zero-order valence-corrected chi connectivity index (χ0v) is 13.1. The van der Waals surface area contributed by atoms with E-state index in [2.05, 4.69) is 34.4 Å². The largest absolute Gasteiger partial charge is 0.244 e. The molecule has 2 saturated carbocycles. The van der Waals surface area contributed by atoms with Gasteiger partial charge >= 0.3 is 0 Å². The predicted octanol–water partition coefficient (Wildman–Crippen LogP) is 4.02. The smallest absolute Gasteiger partial charge is 0.131 e. The average Bonchev–Trinajstić information content (AvgIpc) is 3.44. The lowest BCUT2D eigenvalue weighted by Crippen LogP contribution is -2.07. The van der Waals surface area contributed by atoms with Crippen LogP contribution >= 0.6 is 11.6 Å². The van der Waals surface area contributed by atoms with Crippen LogP contribution in [0.4, 0.5) is 0 Å². The number of nitriles is 1. The van der Waals surface area contributed by atoms with Gasteiger partial charge in [0.15, 0.2) is 0 Å². The molecule has 0 amide bonds. The van der Waals surface area contributed by atoms with Gasteiger partial charge in [0, 0.05) is 17.6 Å². The normalized spacial score (nSPS) is 23.8. The quantitative estimate of drug-likeness (QED) is 0.670. The standard InChI is InChI=1S/C18H13ClN4/c19-16-8-14(3-6-21-16)23-15-7-13(2-1-12(15)9-22-23)18(11-20)10-17(18)4-5-17/h1-3,6-9H,4-5,10H2/t18-/m1/s1. The molecule has 4 nitrogen and oxygen atoms in total. The van der Waals surface area contributed by atoms with Crippen molar-refractivity contribution in [1.82, 2.24) is 14.8 Å². The van der Waals surface area contributed by atoms with Gasteiger partial charge in [-0.05, 0) is 42.4 Å². The fourth-order valence-corrected chi connectivity index (χ4v) is 4.03. The van der Waals surface area contributed by atoms with Crippen molar-refractivity contribution in [2.24, 2.45) is 5.41 Å². The monoisotopic (exact) mass is 320 g/mol. The van der Waals surface area contributed by atoms with Crippen LogP contribution in [-0.2, 0) is 5.41 Å². The number of pyridine rings is 1. The summed E-state index contributed by atoms with van der Waals surface area (Å²) in [4.78, 5) is 4.02. The van der Waals surface area contributed by atoms with Crippen molar-refractivity contribution < 1.29 is 0 Å². The topological polar surface area (TPSA) is 54.5 Å². The van der Waals surface area contributed by atoms with Gasteiger partial charge in [0.2, 0.25) is 0 Å². The molecule has 5 rings (SSSR count). The van der Waals surface area contributed by atoms with E-state index in [1.54, 1.807) is 12.3 Å². The first-order valence-corrected chi connectivity index (χ1v) is 8.07. The van der Waals surface area contributed by atoms with Gasteiger partial charge in [-0.25, -0.2) is 9.67 Å². The average molecular weight is 321 g/mol.